The van der Waals surface area contributed by atoms with Gasteiger partial charge in [-0.2, -0.15) is 0 Å². The van der Waals surface area contributed by atoms with Gasteiger partial charge in [-0.15, -0.1) is 0 Å². The van der Waals surface area contributed by atoms with Crippen LogP contribution in [-0.4, -0.2) is 6.29 Å². The first kappa shape index (κ1) is 8.31. The molecule has 0 radical (unpaired) electrons. The van der Waals surface area contributed by atoms with Gasteiger partial charge in [-0.1, -0.05) is 12.0 Å². The highest BCUT2D eigenvalue weighted by Crippen LogP contribution is 2.07. The van der Waals surface area contributed by atoms with E-state index in [2.05, 4.69) is 17.3 Å². The Morgan fingerprint density at radius 2 is 2.33 bits per heavy atom. The van der Waals surface area contributed by atoms with Gasteiger partial charge in [0, 0.05) is 11.3 Å². The lowest BCUT2D eigenvalue weighted by Crippen LogP contribution is -2.06. The molecule has 0 saturated heterocycles. The molecule has 0 atom stereocenters. The number of hydrazine groups is 1. The fourth-order valence-corrected chi connectivity index (χ4v) is 0.800. The Hall–Kier alpha value is -1.79. The molecule has 3 nitrogen and oxygen atoms in total. The summed E-state index contributed by atoms with van der Waals surface area (Å²) in [6, 6.07) is 7.18. The highest BCUT2D eigenvalue weighted by Gasteiger charge is 1.88. The molecule has 0 heterocycles. The third-order valence-electron chi connectivity index (χ3n) is 1.30. The Bertz CT molecular complexity index is 336. The van der Waals surface area contributed by atoms with Crippen LogP contribution in [0.2, 0.25) is 0 Å². The van der Waals surface area contributed by atoms with Crippen molar-refractivity contribution in [2.75, 3.05) is 5.43 Å². The van der Waals surface area contributed by atoms with Crippen molar-refractivity contribution >= 4 is 12.0 Å². The quantitative estimate of drug-likeness (QED) is 0.272. The Balaban J connectivity index is 2.93. The number of hydrogen-bond donors (Lipinski definition) is 2. The lowest BCUT2D eigenvalue weighted by atomic mass is 10.2. The van der Waals surface area contributed by atoms with E-state index in [0.29, 0.717) is 6.29 Å². The molecule has 1 aromatic rings. The molecule has 0 aliphatic rings. The second kappa shape index (κ2) is 4.16. The Morgan fingerprint density at radius 3 is 3.00 bits per heavy atom. The topological polar surface area (TPSA) is 55.1 Å². The lowest BCUT2D eigenvalue weighted by Gasteiger charge is -1.97. The number of rotatable bonds is 1. The molecule has 1 aromatic carbocycles. The van der Waals surface area contributed by atoms with Crippen LogP contribution in [0.4, 0.5) is 5.69 Å². The Morgan fingerprint density at radius 1 is 1.50 bits per heavy atom. The maximum Gasteiger partial charge on any atom is 0.193 e. The normalized spacial score (nSPS) is 8.08. The van der Waals surface area contributed by atoms with Crippen LogP contribution in [0.1, 0.15) is 5.56 Å². The molecule has 60 valence electrons. The van der Waals surface area contributed by atoms with Gasteiger partial charge in [0.1, 0.15) is 0 Å². The molecule has 0 unspecified atom stereocenters. The summed E-state index contributed by atoms with van der Waals surface area (Å²) in [5, 5.41) is 0. The number of anilines is 1. The van der Waals surface area contributed by atoms with Crippen LogP contribution in [0, 0.1) is 11.8 Å². The second-order valence-corrected chi connectivity index (χ2v) is 2.11. The number of benzene rings is 1. The van der Waals surface area contributed by atoms with Crippen molar-refractivity contribution in [2.24, 2.45) is 5.84 Å². The molecule has 0 aromatic heterocycles. The smallest absolute Gasteiger partial charge is 0.193 e. The lowest BCUT2D eigenvalue weighted by molar-refractivity contribution is -0.103. The molecule has 3 heteroatoms. The van der Waals surface area contributed by atoms with Crippen LogP contribution in [0.5, 0.6) is 0 Å². The first-order valence-electron chi connectivity index (χ1n) is 3.38. The molecule has 12 heavy (non-hydrogen) atoms. The number of nitrogen functional groups attached to an aromatic ring is 1. The van der Waals surface area contributed by atoms with Gasteiger partial charge in [0.05, 0.1) is 0 Å². The molecule has 0 spiro atoms. The van der Waals surface area contributed by atoms with Crippen LogP contribution in [0.15, 0.2) is 24.3 Å². The molecular formula is C9H8N2O. The van der Waals surface area contributed by atoms with Crippen molar-refractivity contribution in [3.8, 4) is 11.8 Å². The zero-order valence-corrected chi connectivity index (χ0v) is 6.37. The summed E-state index contributed by atoms with van der Waals surface area (Å²) in [7, 11) is 0. The van der Waals surface area contributed by atoms with Crippen molar-refractivity contribution < 1.29 is 4.79 Å². The maximum absolute atomic E-state index is 9.92. The van der Waals surface area contributed by atoms with Gasteiger partial charge in [0.15, 0.2) is 6.29 Å². The molecule has 3 N–H and O–H groups in total. The maximum atomic E-state index is 9.92. The zero-order valence-electron chi connectivity index (χ0n) is 6.37. The summed E-state index contributed by atoms with van der Waals surface area (Å²) in [4.78, 5) is 9.92. The second-order valence-electron chi connectivity index (χ2n) is 2.11. The summed E-state index contributed by atoms with van der Waals surface area (Å²) in [6.07, 6.45) is 0.558. The zero-order chi connectivity index (χ0) is 8.81. The number of aldehydes is 1. The van der Waals surface area contributed by atoms with Gasteiger partial charge in [-0.05, 0) is 24.1 Å². The van der Waals surface area contributed by atoms with Crippen molar-refractivity contribution in [2.45, 2.75) is 0 Å². The van der Waals surface area contributed by atoms with Gasteiger partial charge >= 0.3 is 0 Å². The fourth-order valence-electron chi connectivity index (χ4n) is 0.800. The van der Waals surface area contributed by atoms with E-state index >= 15 is 0 Å². The first-order chi connectivity index (χ1) is 5.86. The fraction of sp³-hybridized carbons (Fsp3) is 0. The van der Waals surface area contributed by atoms with Crippen LogP contribution < -0.4 is 11.3 Å². The third kappa shape index (κ3) is 2.11. The van der Waals surface area contributed by atoms with E-state index in [1.807, 2.05) is 12.1 Å². The molecule has 0 fully saturated rings. The average Bonchev–Trinajstić information content (AvgIpc) is 2.15. The highest BCUT2D eigenvalue weighted by atomic mass is 16.1. The van der Waals surface area contributed by atoms with Crippen LogP contribution in [0.25, 0.3) is 0 Å². The minimum Gasteiger partial charge on any atom is -0.324 e. The van der Waals surface area contributed by atoms with Gasteiger partial charge < -0.3 is 5.43 Å². The van der Waals surface area contributed by atoms with E-state index in [1.165, 1.54) is 0 Å². The number of hydrogen-bond acceptors (Lipinski definition) is 3. The van der Waals surface area contributed by atoms with Crippen LogP contribution >= 0.6 is 0 Å². The summed E-state index contributed by atoms with van der Waals surface area (Å²) in [5.74, 6) is 10.2. The standard InChI is InChI=1S/C9H8N2O/c10-11-9-5-1-3-8(7-9)4-2-6-12/h1,3,5-7,11H,10H2. The van der Waals surface area contributed by atoms with Crippen molar-refractivity contribution in [1.82, 2.24) is 0 Å². The van der Waals surface area contributed by atoms with E-state index < -0.39 is 0 Å². The van der Waals surface area contributed by atoms with E-state index in [-0.39, 0.29) is 0 Å². The summed E-state index contributed by atoms with van der Waals surface area (Å²) < 4.78 is 0. The predicted octanol–water partition coefficient (Wildman–Crippen LogP) is 0.523. The molecule has 0 aliphatic heterocycles. The number of nitrogens with two attached hydrogens (primary N) is 1. The van der Waals surface area contributed by atoms with Crippen molar-refractivity contribution in [1.29, 1.82) is 0 Å². The Labute approximate surface area is 70.5 Å². The molecular weight excluding hydrogens is 152 g/mol. The minimum absolute atomic E-state index is 0.558. The monoisotopic (exact) mass is 160 g/mol. The summed E-state index contributed by atoms with van der Waals surface area (Å²) in [6.45, 7) is 0. The molecule has 0 aliphatic carbocycles. The molecule has 0 saturated carbocycles. The van der Waals surface area contributed by atoms with E-state index in [0.717, 1.165) is 11.3 Å². The van der Waals surface area contributed by atoms with Gasteiger partial charge in [0.25, 0.3) is 0 Å². The van der Waals surface area contributed by atoms with Gasteiger partial charge in [-0.3, -0.25) is 10.6 Å². The molecule has 0 amide bonds. The van der Waals surface area contributed by atoms with Crippen molar-refractivity contribution in [3.63, 3.8) is 0 Å². The minimum atomic E-state index is 0.558. The van der Waals surface area contributed by atoms with Gasteiger partial charge in [-0.25, -0.2) is 0 Å². The number of carbonyl (C=O) groups is 1. The molecule has 1 rings (SSSR count). The molecule has 0 bridgehead atoms. The SMILES string of the molecule is NNc1cccc(C#CC=O)c1. The van der Waals surface area contributed by atoms with E-state index in [1.54, 1.807) is 12.1 Å². The summed E-state index contributed by atoms with van der Waals surface area (Å²) in [5.41, 5.74) is 4.02. The van der Waals surface area contributed by atoms with Crippen molar-refractivity contribution in [3.05, 3.63) is 29.8 Å². The first-order valence-corrected chi connectivity index (χ1v) is 3.38. The summed E-state index contributed by atoms with van der Waals surface area (Å²) >= 11 is 0. The average molecular weight is 160 g/mol. The Kier molecular flexibility index (Phi) is 2.88. The van der Waals surface area contributed by atoms with Crippen LogP contribution in [0.3, 0.4) is 0 Å². The number of carbonyl (C=O) groups excluding carboxylic acids is 1. The van der Waals surface area contributed by atoms with E-state index in [4.69, 9.17) is 5.84 Å². The largest absolute Gasteiger partial charge is 0.324 e. The number of nitrogens with one attached hydrogen (secondary N) is 1. The van der Waals surface area contributed by atoms with E-state index in [9.17, 15) is 4.79 Å². The predicted molar refractivity (Wildman–Crippen MR) is 47.2 cm³/mol. The third-order valence-corrected chi connectivity index (χ3v) is 1.30. The van der Waals surface area contributed by atoms with Gasteiger partial charge in [0.2, 0.25) is 0 Å². The van der Waals surface area contributed by atoms with Crippen LogP contribution in [-0.2, 0) is 4.79 Å². The highest BCUT2D eigenvalue weighted by molar-refractivity contribution is 5.74.